The number of fused-ring (bicyclic) bond motifs is 2. The Morgan fingerprint density at radius 3 is 2.83 bits per heavy atom. The molecule has 9 heteroatoms. The van der Waals surface area contributed by atoms with E-state index < -0.39 is 0 Å². The molecule has 1 aromatic carbocycles. The van der Waals surface area contributed by atoms with Crippen LogP contribution in [0.15, 0.2) is 35.3 Å². The molecule has 0 spiro atoms. The van der Waals surface area contributed by atoms with Crippen LogP contribution in [-0.4, -0.2) is 47.6 Å². The van der Waals surface area contributed by atoms with E-state index in [0.29, 0.717) is 22.6 Å². The Morgan fingerprint density at radius 1 is 1.17 bits per heavy atom. The van der Waals surface area contributed by atoms with Crippen LogP contribution in [-0.2, 0) is 13.6 Å². The molecule has 0 bridgehead atoms. The van der Waals surface area contributed by atoms with Gasteiger partial charge in [-0.25, -0.2) is 15.0 Å². The molecule has 5 rings (SSSR count). The number of aliphatic hydroxyl groups is 1. The maximum Gasteiger partial charge on any atom is 0.261 e. The van der Waals surface area contributed by atoms with Gasteiger partial charge in [-0.15, -0.1) is 0 Å². The summed E-state index contributed by atoms with van der Waals surface area (Å²) in [5.74, 6) is 2.15. The Kier molecular flexibility index (Phi) is 4.47. The molecule has 1 atom stereocenters. The van der Waals surface area contributed by atoms with Crippen molar-refractivity contribution < 1.29 is 5.11 Å². The molecule has 1 N–H and O–H groups in total. The van der Waals surface area contributed by atoms with E-state index in [9.17, 15) is 9.90 Å². The molecule has 1 unspecified atom stereocenters. The first-order chi connectivity index (χ1) is 14.6. The first kappa shape index (κ1) is 18.7. The molecule has 0 amide bonds. The summed E-state index contributed by atoms with van der Waals surface area (Å²) in [6.07, 6.45) is 3.59. The van der Waals surface area contributed by atoms with Gasteiger partial charge in [0.25, 0.3) is 5.56 Å². The van der Waals surface area contributed by atoms with E-state index >= 15 is 0 Å². The highest BCUT2D eigenvalue weighted by Gasteiger charge is 2.33. The molecule has 1 aliphatic rings. The largest absolute Gasteiger partial charge is 0.395 e. The normalized spacial score (nSPS) is 16.8. The van der Waals surface area contributed by atoms with Gasteiger partial charge in [-0.2, -0.15) is 5.10 Å². The predicted molar refractivity (Wildman–Crippen MR) is 113 cm³/mol. The number of nitrogens with zero attached hydrogens (tertiary/aromatic N) is 7. The summed E-state index contributed by atoms with van der Waals surface area (Å²) in [5, 5.41) is 15.4. The van der Waals surface area contributed by atoms with E-state index in [1.165, 1.54) is 0 Å². The summed E-state index contributed by atoms with van der Waals surface area (Å²) < 4.78 is 3.36. The average molecular weight is 405 g/mol. The Morgan fingerprint density at radius 2 is 2.00 bits per heavy atom. The number of aryl methyl sites for hydroxylation is 2. The maximum atomic E-state index is 13.2. The number of rotatable bonds is 4. The van der Waals surface area contributed by atoms with E-state index in [0.717, 1.165) is 36.2 Å². The topological polar surface area (TPSA) is 102 Å². The fourth-order valence-electron chi connectivity index (χ4n) is 4.38. The molecule has 4 aromatic rings. The van der Waals surface area contributed by atoms with E-state index in [-0.39, 0.29) is 24.8 Å². The van der Waals surface area contributed by atoms with Crippen molar-refractivity contribution in [3.63, 3.8) is 0 Å². The molecular weight excluding hydrogens is 382 g/mol. The summed E-state index contributed by atoms with van der Waals surface area (Å²) >= 11 is 0. The van der Waals surface area contributed by atoms with Gasteiger partial charge >= 0.3 is 0 Å². The quantitative estimate of drug-likeness (QED) is 0.551. The van der Waals surface area contributed by atoms with Crippen LogP contribution < -0.4 is 10.5 Å². The van der Waals surface area contributed by atoms with E-state index in [4.69, 9.17) is 9.97 Å². The summed E-state index contributed by atoms with van der Waals surface area (Å²) in [4.78, 5) is 29.5. The number of anilines is 1. The van der Waals surface area contributed by atoms with Crippen LogP contribution in [0.25, 0.3) is 21.9 Å². The Balaban J connectivity index is 1.71. The monoisotopic (exact) mass is 405 g/mol. The minimum absolute atomic E-state index is 0.119. The first-order valence-electron chi connectivity index (χ1n) is 10.1. The third-order valence-electron chi connectivity index (χ3n) is 5.72. The lowest BCUT2D eigenvalue weighted by Crippen LogP contribution is -2.33. The van der Waals surface area contributed by atoms with Crippen LogP contribution in [0.3, 0.4) is 0 Å². The van der Waals surface area contributed by atoms with Crippen molar-refractivity contribution >= 4 is 27.8 Å². The lowest BCUT2D eigenvalue weighted by Gasteiger charge is -2.28. The summed E-state index contributed by atoms with van der Waals surface area (Å²) in [6, 6.07) is 7.23. The number of hydrogen-bond acceptors (Lipinski definition) is 7. The number of aliphatic hydroxyl groups excluding tert-OH is 1. The molecule has 30 heavy (non-hydrogen) atoms. The summed E-state index contributed by atoms with van der Waals surface area (Å²) in [7, 11) is 1.86. The molecule has 1 fully saturated rings. The lowest BCUT2D eigenvalue weighted by atomic mass is 10.1. The number of benzene rings is 1. The molecule has 0 aliphatic carbocycles. The Hall–Kier alpha value is -3.33. The van der Waals surface area contributed by atoms with Gasteiger partial charge in [-0.3, -0.25) is 14.0 Å². The summed E-state index contributed by atoms with van der Waals surface area (Å²) in [6.45, 7) is 2.75. The van der Waals surface area contributed by atoms with Crippen LogP contribution in [0.2, 0.25) is 0 Å². The standard InChI is InChI=1S/C21H23N7O2/c1-13-23-18-15(12-22-26(18)2)19(24-13)27-9-5-8-17(27)20-25-16-7-4-3-6-14(16)21(30)28(20)10-11-29/h3-4,6-7,12,17,29H,5,8-11H2,1-2H3. The number of hydrogen-bond donors (Lipinski definition) is 1. The van der Waals surface area contributed by atoms with Crippen LogP contribution in [0, 0.1) is 6.92 Å². The molecule has 154 valence electrons. The van der Waals surface area contributed by atoms with Gasteiger partial charge in [-0.1, -0.05) is 12.1 Å². The number of para-hydroxylation sites is 1. The van der Waals surface area contributed by atoms with Gasteiger partial charge in [0.05, 0.1) is 41.7 Å². The molecule has 1 saturated heterocycles. The maximum absolute atomic E-state index is 13.2. The molecule has 4 heterocycles. The third-order valence-corrected chi connectivity index (χ3v) is 5.72. The molecule has 3 aromatic heterocycles. The summed E-state index contributed by atoms with van der Waals surface area (Å²) in [5.41, 5.74) is 1.33. The second-order valence-electron chi connectivity index (χ2n) is 7.62. The molecule has 0 radical (unpaired) electrons. The van der Waals surface area contributed by atoms with Crippen LogP contribution in [0.4, 0.5) is 5.82 Å². The zero-order valence-electron chi connectivity index (χ0n) is 17.0. The van der Waals surface area contributed by atoms with Crippen molar-refractivity contribution in [2.45, 2.75) is 32.4 Å². The highest BCUT2D eigenvalue weighted by atomic mass is 16.3. The molecule has 9 nitrogen and oxygen atoms in total. The van der Waals surface area contributed by atoms with Gasteiger partial charge in [0.1, 0.15) is 17.5 Å². The number of aromatic nitrogens is 6. The van der Waals surface area contributed by atoms with Gasteiger partial charge in [0.15, 0.2) is 5.65 Å². The van der Waals surface area contributed by atoms with Crippen LogP contribution in [0.5, 0.6) is 0 Å². The third kappa shape index (κ3) is 2.85. The predicted octanol–water partition coefficient (Wildman–Crippen LogP) is 1.72. The van der Waals surface area contributed by atoms with Gasteiger partial charge in [0, 0.05) is 13.6 Å². The Bertz CT molecular complexity index is 1310. The van der Waals surface area contributed by atoms with Gasteiger partial charge in [-0.05, 0) is 31.9 Å². The Labute approximate surface area is 172 Å². The molecule has 0 saturated carbocycles. The SMILES string of the molecule is Cc1nc(N2CCCC2c2nc3ccccc3c(=O)n2CCO)c2cnn(C)c2n1. The van der Waals surface area contributed by atoms with Crippen LogP contribution >= 0.6 is 0 Å². The minimum atomic E-state index is -0.126. The average Bonchev–Trinajstić information content (AvgIpc) is 3.37. The smallest absolute Gasteiger partial charge is 0.261 e. The van der Waals surface area contributed by atoms with Crippen molar-refractivity contribution in [3.8, 4) is 0 Å². The van der Waals surface area contributed by atoms with Gasteiger partial charge < -0.3 is 10.0 Å². The lowest BCUT2D eigenvalue weighted by molar-refractivity contribution is 0.270. The van der Waals surface area contributed by atoms with E-state index in [2.05, 4.69) is 15.0 Å². The highest BCUT2D eigenvalue weighted by molar-refractivity contribution is 5.87. The van der Waals surface area contributed by atoms with E-state index in [1.807, 2.05) is 32.2 Å². The molecule has 1 aliphatic heterocycles. The second kappa shape index (κ2) is 7.17. The van der Waals surface area contributed by atoms with E-state index in [1.54, 1.807) is 21.5 Å². The van der Waals surface area contributed by atoms with Crippen molar-refractivity contribution in [1.29, 1.82) is 0 Å². The van der Waals surface area contributed by atoms with Crippen molar-refractivity contribution in [1.82, 2.24) is 29.3 Å². The van der Waals surface area contributed by atoms with Crippen molar-refractivity contribution in [3.05, 3.63) is 52.5 Å². The van der Waals surface area contributed by atoms with Crippen molar-refractivity contribution in [2.75, 3.05) is 18.1 Å². The molecular formula is C21H23N7O2. The minimum Gasteiger partial charge on any atom is -0.395 e. The fourth-order valence-corrected chi connectivity index (χ4v) is 4.38. The first-order valence-corrected chi connectivity index (χ1v) is 10.1. The van der Waals surface area contributed by atoms with Crippen LogP contribution in [0.1, 0.15) is 30.5 Å². The second-order valence-corrected chi connectivity index (χ2v) is 7.62. The van der Waals surface area contributed by atoms with Gasteiger partial charge in [0.2, 0.25) is 0 Å². The zero-order valence-corrected chi connectivity index (χ0v) is 17.0. The zero-order chi connectivity index (χ0) is 20.8. The van der Waals surface area contributed by atoms with Crippen molar-refractivity contribution in [2.24, 2.45) is 7.05 Å². The highest BCUT2D eigenvalue weighted by Crippen LogP contribution is 2.37. The fraction of sp³-hybridized carbons (Fsp3) is 0.381.